The predicted octanol–water partition coefficient (Wildman–Crippen LogP) is 1.95. The number of nitrogens with zero attached hydrogens (tertiary/aromatic N) is 1. The Morgan fingerprint density at radius 1 is 1.20 bits per heavy atom. The summed E-state index contributed by atoms with van der Waals surface area (Å²) in [6.45, 7) is 3.31. The van der Waals surface area contributed by atoms with Gasteiger partial charge in [-0.25, -0.2) is 0 Å². The maximum atomic E-state index is 12.2. The number of nitrogens with two attached hydrogens (primary N) is 1. The molecule has 0 bridgehead atoms. The molecule has 4 atom stereocenters. The number of rotatable bonds is 2. The second-order valence-corrected chi connectivity index (χ2v) is 6.18. The average Bonchev–Trinajstić information content (AvgIpc) is 2.34. The fourth-order valence-corrected chi connectivity index (χ4v) is 3.21. The number of piperidine rings is 1. The monoisotopic (exact) mass is 325 g/mol. The predicted molar refractivity (Wildman–Crippen MR) is 87.7 cm³/mol. The van der Waals surface area contributed by atoms with Crippen molar-refractivity contribution >= 4 is 30.7 Å². The molecule has 120 valence electrons. The third-order valence-electron chi connectivity index (χ3n) is 4.64. The molecule has 20 heavy (non-hydrogen) atoms. The van der Waals surface area contributed by atoms with Gasteiger partial charge in [-0.15, -0.1) is 24.8 Å². The van der Waals surface area contributed by atoms with Gasteiger partial charge in [0, 0.05) is 30.6 Å². The minimum Gasteiger partial charge on any atom is -0.353 e. The highest BCUT2D eigenvalue weighted by molar-refractivity contribution is 5.85. The summed E-state index contributed by atoms with van der Waals surface area (Å²) in [5.41, 5.74) is 5.95. The highest BCUT2D eigenvalue weighted by atomic mass is 35.5. The molecule has 1 aliphatic carbocycles. The Balaban J connectivity index is 0.00000180. The van der Waals surface area contributed by atoms with E-state index in [4.69, 9.17) is 5.73 Å². The molecule has 0 radical (unpaired) electrons. The third kappa shape index (κ3) is 5.40. The normalized spacial score (nSPS) is 34.5. The van der Waals surface area contributed by atoms with E-state index in [1.54, 1.807) is 0 Å². The Morgan fingerprint density at radius 3 is 2.50 bits per heavy atom. The molecule has 1 saturated heterocycles. The zero-order chi connectivity index (χ0) is 13.1. The Morgan fingerprint density at radius 2 is 1.90 bits per heavy atom. The van der Waals surface area contributed by atoms with Crippen molar-refractivity contribution < 1.29 is 4.79 Å². The van der Waals surface area contributed by atoms with Crippen molar-refractivity contribution in [3.8, 4) is 0 Å². The van der Waals surface area contributed by atoms with Crippen molar-refractivity contribution in [2.75, 3.05) is 13.6 Å². The highest BCUT2D eigenvalue weighted by Crippen LogP contribution is 2.24. The van der Waals surface area contributed by atoms with Gasteiger partial charge in [-0.1, -0.05) is 6.42 Å². The Hall–Kier alpha value is -0.0300. The maximum Gasteiger partial charge on any atom is 0.223 e. The van der Waals surface area contributed by atoms with Crippen LogP contribution in [0.3, 0.4) is 0 Å². The van der Waals surface area contributed by atoms with Gasteiger partial charge in [0.2, 0.25) is 5.91 Å². The molecule has 4 unspecified atom stereocenters. The van der Waals surface area contributed by atoms with Gasteiger partial charge < -0.3 is 16.0 Å². The lowest BCUT2D eigenvalue weighted by atomic mass is 9.85. The summed E-state index contributed by atoms with van der Waals surface area (Å²) in [6, 6.07) is 1.16. The number of amides is 1. The van der Waals surface area contributed by atoms with Gasteiger partial charge in [0.1, 0.15) is 0 Å². The van der Waals surface area contributed by atoms with Crippen LogP contribution >= 0.6 is 24.8 Å². The van der Waals surface area contributed by atoms with Crippen LogP contribution in [0.5, 0.6) is 0 Å². The van der Waals surface area contributed by atoms with Crippen LogP contribution in [0, 0.1) is 5.92 Å². The van der Waals surface area contributed by atoms with E-state index in [1.807, 2.05) is 0 Å². The largest absolute Gasteiger partial charge is 0.353 e. The van der Waals surface area contributed by atoms with Crippen LogP contribution in [0.25, 0.3) is 0 Å². The van der Waals surface area contributed by atoms with Gasteiger partial charge in [0.15, 0.2) is 0 Å². The number of likely N-dealkylation sites (tertiary alicyclic amines) is 1. The van der Waals surface area contributed by atoms with E-state index in [2.05, 4.69) is 24.2 Å². The molecule has 1 aliphatic heterocycles. The van der Waals surface area contributed by atoms with Gasteiger partial charge in [-0.2, -0.15) is 0 Å². The van der Waals surface area contributed by atoms with Gasteiger partial charge in [-0.3, -0.25) is 4.79 Å². The summed E-state index contributed by atoms with van der Waals surface area (Å²) in [6.07, 6.45) is 6.21. The third-order valence-corrected chi connectivity index (χ3v) is 4.64. The zero-order valence-corrected chi connectivity index (χ0v) is 14.1. The summed E-state index contributed by atoms with van der Waals surface area (Å²) < 4.78 is 0. The summed E-state index contributed by atoms with van der Waals surface area (Å²) in [4.78, 5) is 14.6. The number of nitrogens with one attached hydrogen (secondary N) is 1. The molecule has 0 spiro atoms. The van der Waals surface area contributed by atoms with E-state index in [0.29, 0.717) is 12.1 Å². The second-order valence-electron chi connectivity index (χ2n) is 6.18. The minimum absolute atomic E-state index is 0. The Kier molecular flexibility index (Phi) is 9.07. The first-order chi connectivity index (χ1) is 8.56. The number of carbonyl (C=O) groups excluding carboxylic acids is 1. The van der Waals surface area contributed by atoms with Crippen LogP contribution in [0.15, 0.2) is 0 Å². The first-order valence-electron chi connectivity index (χ1n) is 7.32. The van der Waals surface area contributed by atoms with Crippen LogP contribution in [-0.4, -0.2) is 42.5 Å². The van der Waals surface area contributed by atoms with Crippen LogP contribution < -0.4 is 11.1 Å². The highest BCUT2D eigenvalue weighted by Gasteiger charge is 2.29. The first-order valence-corrected chi connectivity index (χ1v) is 7.32. The second kappa shape index (κ2) is 9.08. The van der Waals surface area contributed by atoms with E-state index in [1.165, 1.54) is 0 Å². The summed E-state index contributed by atoms with van der Waals surface area (Å²) in [7, 11) is 2.16. The van der Waals surface area contributed by atoms with E-state index >= 15 is 0 Å². The lowest BCUT2D eigenvalue weighted by molar-refractivity contribution is -0.127. The van der Waals surface area contributed by atoms with Crippen molar-refractivity contribution in [2.45, 2.75) is 63.6 Å². The van der Waals surface area contributed by atoms with E-state index in [0.717, 1.165) is 45.1 Å². The molecular weight excluding hydrogens is 297 g/mol. The van der Waals surface area contributed by atoms with Gasteiger partial charge in [-0.05, 0) is 46.1 Å². The number of halogens is 2. The summed E-state index contributed by atoms with van der Waals surface area (Å²) in [5, 5.41) is 3.24. The van der Waals surface area contributed by atoms with E-state index < -0.39 is 0 Å². The molecule has 2 aliphatic rings. The fourth-order valence-electron chi connectivity index (χ4n) is 3.21. The minimum atomic E-state index is 0. The van der Waals surface area contributed by atoms with Crippen LogP contribution in [-0.2, 0) is 4.79 Å². The molecular formula is C14H29Cl2N3O. The molecule has 0 aromatic carbocycles. The maximum absolute atomic E-state index is 12.2. The molecule has 1 amide bonds. The number of hydrogen-bond acceptors (Lipinski definition) is 3. The zero-order valence-electron chi connectivity index (χ0n) is 12.5. The van der Waals surface area contributed by atoms with Gasteiger partial charge in [0.25, 0.3) is 0 Å². The molecule has 0 aromatic heterocycles. The number of carbonyl (C=O) groups is 1. The van der Waals surface area contributed by atoms with Crippen LogP contribution in [0.1, 0.15) is 45.4 Å². The quantitative estimate of drug-likeness (QED) is 0.815. The number of hydrogen-bond donors (Lipinski definition) is 2. The summed E-state index contributed by atoms with van der Waals surface area (Å²) >= 11 is 0. The van der Waals surface area contributed by atoms with Crippen molar-refractivity contribution in [1.29, 1.82) is 0 Å². The lowest BCUT2D eigenvalue weighted by Gasteiger charge is -2.36. The SMILES string of the molecule is CC1CC(NC(=O)C2CCCC(N)C2)CCN1C.Cl.Cl. The molecule has 6 heteroatoms. The average molecular weight is 326 g/mol. The van der Waals surface area contributed by atoms with Gasteiger partial charge in [0.05, 0.1) is 0 Å². The standard InChI is InChI=1S/C14H27N3O.2ClH/c1-10-8-13(6-7-17(10)2)16-14(18)11-4-3-5-12(15)9-11;;/h10-13H,3-9,15H2,1-2H3,(H,16,18);2*1H. The first kappa shape index (κ1) is 20.0. The fraction of sp³-hybridized carbons (Fsp3) is 0.929. The van der Waals surface area contributed by atoms with Crippen molar-refractivity contribution in [1.82, 2.24) is 10.2 Å². The molecule has 0 aromatic rings. The van der Waals surface area contributed by atoms with Gasteiger partial charge >= 0.3 is 0 Å². The molecule has 4 nitrogen and oxygen atoms in total. The molecule has 1 heterocycles. The Labute approximate surface area is 135 Å². The Bertz CT molecular complexity index is 304. The van der Waals surface area contributed by atoms with Crippen LogP contribution in [0.2, 0.25) is 0 Å². The smallest absolute Gasteiger partial charge is 0.223 e. The molecule has 2 fully saturated rings. The van der Waals surface area contributed by atoms with Crippen LogP contribution in [0.4, 0.5) is 0 Å². The molecule has 3 N–H and O–H groups in total. The molecule has 1 saturated carbocycles. The topological polar surface area (TPSA) is 58.4 Å². The molecule has 2 rings (SSSR count). The van der Waals surface area contributed by atoms with E-state index in [9.17, 15) is 4.79 Å². The van der Waals surface area contributed by atoms with E-state index in [-0.39, 0.29) is 42.7 Å². The summed E-state index contributed by atoms with van der Waals surface area (Å²) in [5.74, 6) is 0.399. The van der Waals surface area contributed by atoms with Crippen molar-refractivity contribution in [3.63, 3.8) is 0 Å². The lowest BCUT2D eigenvalue weighted by Crippen LogP contribution is -2.49. The van der Waals surface area contributed by atoms with Crippen molar-refractivity contribution in [3.05, 3.63) is 0 Å². The van der Waals surface area contributed by atoms with Crippen molar-refractivity contribution in [2.24, 2.45) is 11.7 Å².